The summed E-state index contributed by atoms with van der Waals surface area (Å²) in [7, 11) is 0. The minimum Gasteiger partial charge on any atom is -0.309 e. The summed E-state index contributed by atoms with van der Waals surface area (Å²) in [5.41, 5.74) is 21.7. The van der Waals surface area contributed by atoms with Gasteiger partial charge in [-0.2, -0.15) is 0 Å². The Bertz CT molecular complexity index is 3210. The van der Waals surface area contributed by atoms with E-state index < -0.39 is 5.41 Å². The van der Waals surface area contributed by atoms with E-state index in [0.29, 0.717) is 0 Å². The lowest BCUT2D eigenvalue weighted by atomic mass is 9.67. The molecule has 0 saturated carbocycles. The Morgan fingerprint density at radius 2 is 0.787 bits per heavy atom. The van der Waals surface area contributed by atoms with E-state index in [0.717, 1.165) is 0 Å². The molecule has 0 N–H and O–H groups in total. The van der Waals surface area contributed by atoms with Gasteiger partial charge in [0, 0.05) is 32.0 Å². The molecule has 13 rings (SSSR count). The zero-order valence-corrected chi connectivity index (χ0v) is 35.6. The molecule has 1 spiro atoms. The van der Waals surface area contributed by atoms with Crippen LogP contribution in [0.15, 0.2) is 198 Å². The molecule has 0 aromatic heterocycles. The van der Waals surface area contributed by atoms with Crippen LogP contribution >= 0.6 is 11.8 Å². The predicted octanol–water partition coefficient (Wildman–Crippen LogP) is 15.7. The Morgan fingerprint density at radius 3 is 1.36 bits per heavy atom. The van der Waals surface area contributed by atoms with E-state index in [1.807, 2.05) is 11.8 Å². The summed E-state index contributed by atoms with van der Waals surface area (Å²) in [6, 6.07) is 71.6. The largest absolute Gasteiger partial charge is 0.309 e. The van der Waals surface area contributed by atoms with E-state index in [1.165, 1.54) is 116 Å². The Morgan fingerprint density at radius 1 is 0.344 bits per heavy atom. The van der Waals surface area contributed by atoms with E-state index >= 15 is 0 Å². The van der Waals surface area contributed by atoms with Crippen LogP contribution in [-0.4, -0.2) is 0 Å². The summed E-state index contributed by atoms with van der Waals surface area (Å²) in [6.45, 7) is 9.56. The molecular formula is C59H43NS. The van der Waals surface area contributed by atoms with Crippen LogP contribution in [0.2, 0.25) is 0 Å². The maximum absolute atomic E-state index is 2.58. The molecule has 3 aliphatic carbocycles. The van der Waals surface area contributed by atoms with Gasteiger partial charge >= 0.3 is 0 Å². The predicted molar refractivity (Wildman–Crippen MR) is 255 cm³/mol. The molecule has 0 amide bonds. The van der Waals surface area contributed by atoms with Crippen LogP contribution < -0.4 is 4.90 Å². The number of benzene rings is 9. The minimum atomic E-state index is -0.502. The highest BCUT2D eigenvalue weighted by molar-refractivity contribution is 8.00. The van der Waals surface area contributed by atoms with Crippen LogP contribution in [0.3, 0.4) is 0 Å². The zero-order valence-electron chi connectivity index (χ0n) is 34.8. The van der Waals surface area contributed by atoms with Gasteiger partial charge in [-0.3, -0.25) is 0 Å². The number of fused-ring (bicyclic) bond motifs is 17. The van der Waals surface area contributed by atoms with Gasteiger partial charge < -0.3 is 4.90 Å². The Labute approximate surface area is 362 Å². The minimum absolute atomic E-state index is 0.140. The normalized spacial score (nSPS) is 15.9. The van der Waals surface area contributed by atoms with Gasteiger partial charge in [0.15, 0.2) is 0 Å². The van der Waals surface area contributed by atoms with Crippen molar-refractivity contribution in [1.82, 2.24) is 0 Å². The van der Waals surface area contributed by atoms with Crippen molar-refractivity contribution in [3.8, 4) is 33.4 Å². The molecule has 290 valence electrons. The average molecular weight is 798 g/mol. The lowest BCUT2D eigenvalue weighted by molar-refractivity contribution is 0.660. The third-order valence-corrected chi connectivity index (χ3v) is 16.0. The van der Waals surface area contributed by atoms with Crippen molar-refractivity contribution in [3.05, 3.63) is 233 Å². The fourth-order valence-corrected chi connectivity index (χ4v) is 13.3. The van der Waals surface area contributed by atoms with Crippen LogP contribution in [0.25, 0.3) is 44.2 Å². The number of anilines is 3. The van der Waals surface area contributed by atoms with E-state index in [-0.39, 0.29) is 10.8 Å². The summed E-state index contributed by atoms with van der Waals surface area (Å²) >= 11 is 1.95. The van der Waals surface area contributed by atoms with Crippen LogP contribution in [0.5, 0.6) is 0 Å². The molecule has 0 atom stereocenters. The van der Waals surface area contributed by atoms with Gasteiger partial charge in [-0.15, -0.1) is 0 Å². The van der Waals surface area contributed by atoms with Crippen molar-refractivity contribution in [2.24, 2.45) is 0 Å². The van der Waals surface area contributed by atoms with Crippen molar-refractivity contribution >= 4 is 39.6 Å². The van der Waals surface area contributed by atoms with Gasteiger partial charge in [-0.1, -0.05) is 197 Å². The molecule has 4 aliphatic rings. The van der Waals surface area contributed by atoms with Gasteiger partial charge in [0.05, 0.1) is 11.1 Å². The number of nitrogens with zero attached hydrogens (tertiary/aromatic N) is 1. The molecule has 61 heavy (non-hydrogen) atoms. The van der Waals surface area contributed by atoms with Crippen molar-refractivity contribution in [2.45, 2.75) is 53.7 Å². The average Bonchev–Trinajstić information content (AvgIpc) is 3.81. The third kappa shape index (κ3) is 4.48. The zero-order chi connectivity index (χ0) is 40.8. The van der Waals surface area contributed by atoms with Gasteiger partial charge in [0.1, 0.15) is 0 Å². The van der Waals surface area contributed by atoms with Crippen molar-refractivity contribution in [2.75, 3.05) is 4.90 Å². The second-order valence-electron chi connectivity index (χ2n) is 18.4. The van der Waals surface area contributed by atoms with Crippen LogP contribution in [-0.2, 0) is 16.2 Å². The molecule has 9 aromatic carbocycles. The Hall–Kier alpha value is -6.61. The van der Waals surface area contributed by atoms with E-state index in [4.69, 9.17) is 0 Å². The topological polar surface area (TPSA) is 3.24 Å². The summed E-state index contributed by atoms with van der Waals surface area (Å²) in [6.07, 6.45) is 0. The Kier molecular flexibility index (Phi) is 7.06. The number of hydrogen-bond acceptors (Lipinski definition) is 2. The number of hydrogen-bond donors (Lipinski definition) is 0. The second kappa shape index (κ2) is 12.2. The monoisotopic (exact) mass is 797 g/mol. The van der Waals surface area contributed by atoms with Gasteiger partial charge in [0.2, 0.25) is 0 Å². The summed E-state index contributed by atoms with van der Waals surface area (Å²) in [5, 5.41) is 2.56. The SMILES string of the molecule is CC1(C)c2ccccc2-c2ccc(N(c3ccc4c(c3)C(C)(C)c3ccccc3-4)c3cccc4c3Sc3c(ccc5ccccc35)C43c4ccccc4-c4ccccc43)cc21. The molecule has 1 heterocycles. The Balaban J connectivity index is 1.12. The first-order valence-corrected chi connectivity index (χ1v) is 22.4. The highest BCUT2D eigenvalue weighted by atomic mass is 32.2. The van der Waals surface area contributed by atoms with Gasteiger partial charge in [0.25, 0.3) is 0 Å². The molecule has 0 unspecified atom stereocenters. The summed E-state index contributed by atoms with van der Waals surface area (Å²) in [5.74, 6) is 0. The van der Waals surface area contributed by atoms with Crippen LogP contribution in [0.1, 0.15) is 72.2 Å². The lowest BCUT2D eigenvalue weighted by Gasteiger charge is -2.42. The van der Waals surface area contributed by atoms with Crippen LogP contribution in [0, 0.1) is 0 Å². The third-order valence-electron chi connectivity index (χ3n) is 14.7. The standard InChI is InChI=1S/C59H43NS/c1-57(2)46-22-11-7-18-40(46)44-31-29-37(34-52(44)57)60(38-30-32-45-41-19-8-12-23-47(41)58(3,4)53(45)35-38)54-27-15-26-50-56(54)61-55-39-17-6-5-16-36(39)28-33-51(55)59(50)48-24-13-9-20-42(48)43-21-10-14-25-49(43)59/h5-35H,1-4H3. The molecular weight excluding hydrogens is 755 g/mol. The first-order chi connectivity index (χ1) is 29.8. The van der Waals surface area contributed by atoms with Crippen molar-refractivity contribution in [3.63, 3.8) is 0 Å². The molecule has 0 fully saturated rings. The first kappa shape index (κ1) is 35.2. The smallest absolute Gasteiger partial charge is 0.0736 e. The van der Waals surface area contributed by atoms with Gasteiger partial charge in [-0.25, -0.2) is 0 Å². The highest BCUT2D eigenvalue weighted by Crippen LogP contribution is 2.65. The fourth-order valence-electron chi connectivity index (χ4n) is 11.9. The second-order valence-corrected chi connectivity index (χ2v) is 19.4. The maximum Gasteiger partial charge on any atom is 0.0736 e. The van der Waals surface area contributed by atoms with Crippen molar-refractivity contribution in [1.29, 1.82) is 0 Å². The fraction of sp³-hybridized carbons (Fsp3) is 0.119. The molecule has 0 radical (unpaired) electrons. The molecule has 1 nitrogen and oxygen atoms in total. The molecule has 0 bridgehead atoms. The lowest BCUT2D eigenvalue weighted by Crippen LogP contribution is -2.32. The van der Waals surface area contributed by atoms with Crippen LogP contribution in [0.4, 0.5) is 17.1 Å². The summed E-state index contributed by atoms with van der Waals surface area (Å²) in [4.78, 5) is 5.21. The van der Waals surface area contributed by atoms with Gasteiger partial charge in [-0.05, 0) is 119 Å². The molecule has 9 aromatic rings. The van der Waals surface area contributed by atoms with Crippen molar-refractivity contribution < 1.29 is 0 Å². The molecule has 1 aliphatic heterocycles. The van der Waals surface area contributed by atoms with E-state index in [9.17, 15) is 0 Å². The van der Waals surface area contributed by atoms with E-state index in [2.05, 4.69) is 221 Å². The first-order valence-electron chi connectivity index (χ1n) is 21.6. The maximum atomic E-state index is 2.58. The van der Waals surface area contributed by atoms with E-state index in [1.54, 1.807) is 0 Å². The highest BCUT2D eigenvalue weighted by Gasteiger charge is 2.51. The molecule has 2 heteroatoms. The quantitative estimate of drug-likeness (QED) is 0.175. The summed E-state index contributed by atoms with van der Waals surface area (Å²) < 4.78 is 0. The molecule has 0 saturated heterocycles. The number of rotatable bonds is 3.